The summed E-state index contributed by atoms with van der Waals surface area (Å²) in [6.07, 6.45) is 5.49. The van der Waals surface area contributed by atoms with Gasteiger partial charge in [0.2, 0.25) is 0 Å². The zero-order valence-corrected chi connectivity index (χ0v) is 12.6. The first-order valence-corrected chi connectivity index (χ1v) is 7.46. The minimum atomic E-state index is 0.0607. The van der Waals surface area contributed by atoms with Crippen LogP contribution in [0.1, 0.15) is 35.8 Å². The highest BCUT2D eigenvalue weighted by Gasteiger charge is 2.18. The van der Waals surface area contributed by atoms with Crippen LogP contribution in [0.2, 0.25) is 0 Å². The molecular formula is C19H19N3. The molecule has 3 nitrogen and oxygen atoms in total. The average Bonchev–Trinajstić information content (AvgIpc) is 2.62. The molecule has 0 unspecified atom stereocenters. The van der Waals surface area contributed by atoms with Crippen LogP contribution in [0.25, 0.3) is 0 Å². The molecule has 2 heterocycles. The monoisotopic (exact) mass is 289 g/mol. The molecule has 2 atom stereocenters. The Morgan fingerprint density at radius 2 is 1.50 bits per heavy atom. The fourth-order valence-electron chi connectivity index (χ4n) is 2.54. The van der Waals surface area contributed by atoms with Crippen molar-refractivity contribution in [1.82, 2.24) is 15.3 Å². The number of hydrogen-bond acceptors (Lipinski definition) is 3. The normalized spacial score (nSPS) is 13.5. The van der Waals surface area contributed by atoms with Gasteiger partial charge in [-0.1, -0.05) is 36.4 Å². The van der Waals surface area contributed by atoms with Crippen LogP contribution in [-0.2, 0) is 0 Å². The Hall–Kier alpha value is -2.52. The molecule has 0 aliphatic carbocycles. The highest BCUT2D eigenvalue weighted by molar-refractivity contribution is 5.28. The van der Waals surface area contributed by atoms with E-state index in [9.17, 15) is 0 Å². The summed E-state index contributed by atoms with van der Waals surface area (Å²) >= 11 is 0. The second-order valence-corrected chi connectivity index (χ2v) is 5.27. The van der Waals surface area contributed by atoms with Crippen molar-refractivity contribution in [2.24, 2.45) is 0 Å². The van der Waals surface area contributed by atoms with Crippen LogP contribution in [-0.4, -0.2) is 9.97 Å². The van der Waals surface area contributed by atoms with E-state index in [0.717, 1.165) is 5.69 Å². The zero-order valence-electron chi connectivity index (χ0n) is 12.6. The van der Waals surface area contributed by atoms with E-state index >= 15 is 0 Å². The maximum atomic E-state index is 4.53. The standard InChI is InChI=1S/C19H19N3/c1-15(16-10-13-20-14-11-16)22-19(17-7-3-2-4-8-17)18-9-5-6-12-21-18/h2-15,19,22H,1H3/t15-,19-/m1/s1. The molecule has 3 aromatic rings. The van der Waals surface area contributed by atoms with Gasteiger partial charge in [0.1, 0.15) is 0 Å². The van der Waals surface area contributed by atoms with Gasteiger partial charge in [-0.25, -0.2) is 0 Å². The van der Waals surface area contributed by atoms with E-state index in [2.05, 4.69) is 52.5 Å². The van der Waals surface area contributed by atoms with Gasteiger partial charge in [-0.15, -0.1) is 0 Å². The zero-order chi connectivity index (χ0) is 15.2. The molecule has 0 fully saturated rings. The minimum absolute atomic E-state index is 0.0607. The molecule has 2 aromatic heterocycles. The van der Waals surface area contributed by atoms with Gasteiger partial charge in [-0.3, -0.25) is 15.3 Å². The first-order valence-electron chi connectivity index (χ1n) is 7.46. The summed E-state index contributed by atoms with van der Waals surface area (Å²) in [5, 5.41) is 3.68. The van der Waals surface area contributed by atoms with Crippen molar-refractivity contribution in [2.75, 3.05) is 0 Å². The number of pyridine rings is 2. The number of nitrogens with zero attached hydrogens (tertiary/aromatic N) is 2. The summed E-state index contributed by atoms with van der Waals surface area (Å²) in [6.45, 7) is 2.16. The fourth-order valence-corrected chi connectivity index (χ4v) is 2.54. The number of rotatable bonds is 5. The molecular weight excluding hydrogens is 270 g/mol. The molecule has 3 heteroatoms. The largest absolute Gasteiger partial charge is 0.298 e. The number of aromatic nitrogens is 2. The van der Waals surface area contributed by atoms with Gasteiger partial charge in [0.25, 0.3) is 0 Å². The van der Waals surface area contributed by atoms with Crippen molar-refractivity contribution in [3.63, 3.8) is 0 Å². The lowest BCUT2D eigenvalue weighted by atomic mass is 10.0. The van der Waals surface area contributed by atoms with Crippen molar-refractivity contribution in [3.05, 3.63) is 96.1 Å². The predicted molar refractivity (Wildman–Crippen MR) is 88.3 cm³/mol. The van der Waals surface area contributed by atoms with E-state index in [-0.39, 0.29) is 12.1 Å². The van der Waals surface area contributed by atoms with Crippen LogP contribution in [0.5, 0.6) is 0 Å². The summed E-state index contributed by atoms with van der Waals surface area (Å²) in [4.78, 5) is 8.61. The van der Waals surface area contributed by atoms with Gasteiger partial charge in [-0.2, -0.15) is 0 Å². The Balaban J connectivity index is 1.90. The molecule has 3 rings (SSSR count). The number of benzene rings is 1. The fraction of sp³-hybridized carbons (Fsp3) is 0.158. The third-order valence-electron chi connectivity index (χ3n) is 3.74. The molecule has 0 amide bonds. The predicted octanol–water partition coefficient (Wildman–Crippen LogP) is 3.92. The highest BCUT2D eigenvalue weighted by atomic mass is 15.0. The molecule has 110 valence electrons. The summed E-state index contributed by atoms with van der Waals surface area (Å²) in [7, 11) is 0. The lowest BCUT2D eigenvalue weighted by molar-refractivity contribution is 0.508. The summed E-state index contributed by atoms with van der Waals surface area (Å²) < 4.78 is 0. The van der Waals surface area contributed by atoms with Gasteiger partial charge in [0, 0.05) is 24.6 Å². The van der Waals surface area contributed by atoms with Crippen molar-refractivity contribution < 1.29 is 0 Å². The van der Waals surface area contributed by atoms with Crippen LogP contribution in [0.15, 0.2) is 79.3 Å². The highest BCUT2D eigenvalue weighted by Crippen LogP contribution is 2.24. The van der Waals surface area contributed by atoms with Gasteiger partial charge >= 0.3 is 0 Å². The maximum Gasteiger partial charge on any atom is 0.0756 e. The van der Waals surface area contributed by atoms with Crippen molar-refractivity contribution in [1.29, 1.82) is 0 Å². The molecule has 0 aliphatic heterocycles. The second kappa shape index (κ2) is 6.96. The summed E-state index contributed by atoms with van der Waals surface area (Å²) in [5.41, 5.74) is 3.45. The summed E-state index contributed by atoms with van der Waals surface area (Å²) in [5.74, 6) is 0. The smallest absolute Gasteiger partial charge is 0.0756 e. The Labute approximate surface area is 131 Å². The Morgan fingerprint density at radius 3 is 2.18 bits per heavy atom. The van der Waals surface area contributed by atoms with Crippen LogP contribution < -0.4 is 5.32 Å². The van der Waals surface area contributed by atoms with Crippen LogP contribution in [0.4, 0.5) is 0 Å². The molecule has 0 bridgehead atoms. The molecule has 0 saturated heterocycles. The van der Waals surface area contributed by atoms with E-state index < -0.39 is 0 Å². The molecule has 0 saturated carbocycles. The van der Waals surface area contributed by atoms with Crippen LogP contribution >= 0.6 is 0 Å². The number of nitrogens with one attached hydrogen (secondary N) is 1. The van der Waals surface area contributed by atoms with E-state index in [4.69, 9.17) is 0 Å². The van der Waals surface area contributed by atoms with Gasteiger partial charge in [-0.05, 0) is 42.3 Å². The maximum absolute atomic E-state index is 4.53. The van der Waals surface area contributed by atoms with Crippen molar-refractivity contribution in [2.45, 2.75) is 19.0 Å². The van der Waals surface area contributed by atoms with E-state index in [1.165, 1.54) is 11.1 Å². The molecule has 22 heavy (non-hydrogen) atoms. The molecule has 0 radical (unpaired) electrons. The lowest BCUT2D eigenvalue weighted by Gasteiger charge is -2.23. The average molecular weight is 289 g/mol. The first kappa shape index (κ1) is 14.4. The van der Waals surface area contributed by atoms with Crippen molar-refractivity contribution in [3.8, 4) is 0 Å². The molecule has 0 aliphatic rings. The molecule has 0 spiro atoms. The Morgan fingerprint density at radius 1 is 0.773 bits per heavy atom. The van der Waals surface area contributed by atoms with Crippen molar-refractivity contribution >= 4 is 0 Å². The van der Waals surface area contributed by atoms with Gasteiger partial charge < -0.3 is 0 Å². The molecule has 1 aromatic carbocycles. The summed E-state index contributed by atoms with van der Waals surface area (Å²) in [6, 6.07) is 20.8. The lowest BCUT2D eigenvalue weighted by Crippen LogP contribution is -2.26. The molecule has 1 N–H and O–H groups in total. The van der Waals surface area contributed by atoms with Gasteiger partial charge in [0.15, 0.2) is 0 Å². The topological polar surface area (TPSA) is 37.8 Å². The first-order chi connectivity index (χ1) is 10.8. The second-order valence-electron chi connectivity index (χ2n) is 5.27. The van der Waals surface area contributed by atoms with Crippen LogP contribution in [0.3, 0.4) is 0 Å². The van der Waals surface area contributed by atoms with Gasteiger partial charge in [0.05, 0.1) is 11.7 Å². The quantitative estimate of drug-likeness (QED) is 0.773. The number of hydrogen-bond donors (Lipinski definition) is 1. The third-order valence-corrected chi connectivity index (χ3v) is 3.74. The van der Waals surface area contributed by atoms with E-state index in [1.807, 2.05) is 48.9 Å². The minimum Gasteiger partial charge on any atom is -0.298 e. The Kier molecular flexibility index (Phi) is 4.56. The van der Waals surface area contributed by atoms with E-state index in [0.29, 0.717) is 0 Å². The SMILES string of the molecule is C[C@@H](N[C@H](c1ccccc1)c1ccccn1)c1ccncc1. The third kappa shape index (κ3) is 3.38. The van der Waals surface area contributed by atoms with E-state index in [1.54, 1.807) is 0 Å². The Bertz CT molecular complexity index is 644. The van der Waals surface area contributed by atoms with Crippen LogP contribution in [0, 0.1) is 0 Å².